The number of likely N-dealkylation sites (tertiary alicyclic amines) is 1. The zero-order valence-electron chi connectivity index (χ0n) is 16.7. The van der Waals surface area contributed by atoms with Gasteiger partial charge in [0.2, 0.25) is 5.91 Å². The van der Waals surface area contributed by atoms with E-state index in [2.05, 4.69) is 0 Å². The van der Waals surface area contributed by atoms with E-state index < -0.39 is 23.3 Å². The standard InChI is InChI=1S/C24H20N2O5/c27-21-13-20-24(26(21)14-19(31-24)15-6-2-1-3-7-15)10-11-25(20)22(28)17-12-16-8-4-5-9-18(16)30-23(17)29/h1-9,12,19-20H,10-11,13-14H2/t19-,20+,24-/m0/s1. The third-order valence-corrected chi connectivity index (χ3v) is 6.73. The number of rotatable bonds is 2. The van der Waals surface area contributed by atoms with Crippen LogP contribution in [0.4, 0.5) is 0 Å². The Bertz CT molecular complexity index is 1270. The minimum absolute atomic E-state index is 0.0146. The number of hydrogen-bond acceptors (Lipinski definition) is 5. The number of carbonyl (C=O) groups is 2. The van der Waals surface area contributed by atoms with Crippen LogP contribution >= 0.6 is 0 Å². The minimum Gasteiger partial charge on any atom is -0.422 e. The molecule has 3 atom stereocenters. The summed E-state index contributed by atoms with van der Waals surface area (Å²) in [5, 5.41) is 0.685. The van der Waals surface area contributed by atoms with Crippen molar-refractivity contribution in [2.45, 2.75) is 30.7 Å². The lowest BCUT2D eigenvalue weighted by Gasteiger charge is -2.31. The molecule has 0 saturated carbocycles. The van der Waals surface area contributed by atoms with Gasteiger partial charge in [-0.3, -0.25) is 9.59 Å². The molecule has 31 heavy (non-hydrogen) atoms. The summed E-state index contributed by atoms with van der Waals surface area (Å²) >= 11 is 0. The first-order valence-electron chi connectivity index (χ1n) is 10.4. The van der Waals surface area contributed by atoms with Crippen LogP contribution in [0.2, 0.25) is 0 Å². The lowest BCUT2D eigenvalue weighted by atomic mass is 10.1. The maximum absolute atomic E-state index is 13.4. The van der Waals surface area contributed by atoms with Crippen molar-refractivity contribution in [3.63, 3.8) is 0 Å². The molecule has 2 amide bonds. The Labute approximate surface area is 177 Å². The first-order valence-corrected chi connectivity index (χ1v) is 10.4. The zero-order valence-corrected chi connectivity index (χ0v) is 16.7. The monoisotopic (exact) mass is 416 g/mol. The summed E-state index contributed by atoms with van der Waals surface area (Å²) in [6.07, 6.45) is 0.498. The van der Waals surface area contributed by atoms with Crippen LogP contribution in [0.15, 0.2) is 69.9 Å². The summed E-state index contributed by atoms with van der Waals surface area (Å²) in [5.41, 5.74) is -0.0593. The molecule has 0 bridgehead atoms. The van der Waals surface area contributed by atoms with Gasteiger partial charge in [-0.1, -0.05) is 48.5 Å². The van der Waals surface area contributed by atoms with Gasteiger partial charge in [0.15, 0.2) is 5.72 Å². The van der Waals surface area contributed by atoms with Gasteiger partial charge >= 0.3 is 5.63 Å². The third-order valence-electron chi connectivity index (χ3n) is 6.73. The van der Waals surface area contributed by atoms with Crippen molar-refractivity contribution < 1.29 is 18.7 Å². The molecule has 3 fully saturated rings. The van der Waals surface area contributed by atoms with Gasteiger partial charge in [0.05, 0.1) is 19.0 Å². The van der Waals surface area contributed by atoms with E-state index in [0.29, 0.717) is 30.5 Å². The Morgan fingerprint density at radius 2 is 1.81 bits per heavy atom. The molecule has 156 valence electrons. The Morgan fingerprint density at radius 1 is 1.03 bits per heavy atom. The number of ether oxygens (including phenoxy) is 1. The van der Waals surface area contributed by atoms with E-state index in [1.54, 1.807) is 34.1 Å². The highest BCUT2D eigenvalue weighted by molar-refractivity contribution is 5.98. The van der Waals surface area contributed by atoms with E-state index in [-0.39, 0.29) is 24.0 Å². The van der Waals surface area contributed by atoms with Crippen molar-refractivity contribution in [1.82, 2.24) is 9.80 Å². The Balaban J connectivity index is 1.34. The van der Waals surface area contributed by atoms with Crippen LogP contribution in [0.1, 0.15) is 34.9 Å². The average molecular weight is 416 g/mol. The quantitative estimate of drug-likeness (QED) is 0.600. The molecule has 3 aliphatic heterocycles. The molecule has 1 aromatic heterocycles. The fraction of sp³-hybridized carbons (Fsp3) is 0.292. The highest BCUT2D eigenvalue weighted by Gasteiger charge is 2.65. The molecule has 0 N–H and O–H groups in total. The summed E-state index contributed by atoms with van der Waals surface area (Å²) in [5.74, 6) is -0.436. The van der Waals surface area contributed by atoms with Crippen LogP contribution in [0.25, 0.3) is 11.0 Å². The van der Waals surface area contributed by atoms with Gasteiger partial charge in [0.25, 0.3) is 5.91 Å². The number of carbonyl (C=O) groups excluding carboxylic acids is 2. The average Bonchev–Trinajstić information content (AvgIpc) is 3.42. The van der Waals surface area contributed by atoms with Crippen molar-refractivity contribution in [1.29, 1.82) is 0 Å². The predicted molar refractivity (Wildman–Crippen MR) is 111 cm³/mol. The summed E-state index contributed by atoms with van der Waals surface area (Å²) in [4.78, 5) is 42.1. The second-order valence-electron chi connectivity index (χ2n) is 8.32. The smallest absolute Gasteiger partial charge is 0.349 e. The van der Waals surface area contributed by atoms with Crippen LogP contribution < -0.4 is 5.63 Å². The minimum atomic E-state index is -0.829. The molecule has 2 aromatic carbocycles. The van der Waals surface area contributed by atoms with E-state index in [1.807, 2.05) is 36.4 Å². The second kappa shape index (κ2) is 6.52. The molecule has 1 spiro atoms. The normalized spacial score (nSPS) is 27.0. The Kier molecular flexibility index (Phi) is 3.86. The van der Waals surface area contributed by atoms with Gasteiger partial charge in [-0.15, -0.1) is 0 Å². The van der Waals surface area contributed by atoms with Gasteiger partial charge in [-0.25, -0.2) is 4.79 Å². The first-order chi connectivity index (χ1) is 15.1. The van der Waals surface area contributed by atoms with Gasteiger partial charge in [-0.05, 0) is 17.7 Å². The van der Waals surface area contributed by atoms with Crippen LogP contribution in [0.3, 0.4) is 0 Å². The lowest BCUT2D eigenvalue weighted by Crippen LogP contribution is -2.49. The van der Waals surface area contributed by atoms with Crippen LogP contribution in [-0.4, -0.2) is 46.5 Å². The van der Waals surface area contributed by atoms with E-state index in [0.717, 1.165) is 5.56 Å². The molecule has 3 aliphatic rings. The molecule has 7 heteroatoms. The fourth-order valence-electron chi connectivity index (χ4n) is 5.27. The Morgan fingerprint density at radius 3 is 2.65 bits per heavy atom. The largest absolute Gasteiger partial charge is 0.422 e. The molecule has 0 aliphatic carbocycles. The zero-order chi connectivity index (χ0) is 21.2. The first kappa shape index (κ1) is 18.3. The number of amides is 2. The van der Waals surface area contributed by atoms with Crippen LogP contribution in [0.5, 0.6) is 0 Å². The van der Waals surface area contributed by atoms with Gasteiger partial charge in [0.1, 0.15) is 17.3 Å². The van der Waals surface area contributed by atoms with Crippen molar-refractivity contribution in [2.24, 2.45) is 0 Å². The molecule has 7 nitrogen and oxygen atoms in total. The van der Waals surface area contributed by atoms with Crippen molar-refractivity contribution >= 4 is 22.8 Å². The molecule has 6 rings (SSSR count). The van der Waals surface area contributed by atoms with Crippen molar-refractivity contribution in [3.05, 3.63) is 82.2 Å². The molecule has 3 aromatic rings. The molecular weight excluding hydrogens is 396 g/mol. The Hall–Kier alpha value is -3.45. The van der Waals surface area contributed by atoms with Crippen LogP contribution in [-0.2, 0) is 9.53 Å². The van der Waals surface area contributed by atoms with Crippen LogP contribution in [0, 0.1) is 0 Å². The van der Waals surface area contributed by atoms with Gasteiger partial charge < -0.3 is 19.0 Å². The number of fused-ring (bicyclic) bond motifs is 1. The molecule has 3 saturated heterocycles. The van der Waals surface area contributed by atoms with E-state index in [4.69, 9.17) is 9.15 Å². The molecular formula is C24H20N2O5. The highest BCUT2D eigenvalue weighted by Crippen LogP contribution is 2.50. The van der Waals surface area contributed by atoms with Crippen molar-refractivity contribution in [2.75, 3.05) is 13.1 Å². The SMILES string of the molecule is O=C(c1cc2ccccc2oc1=O)N1CC[C@@]23O[C@H](c4ccccc4)CN2C(=O)C[C@@H]13. The molecule has 0 unspecified atom stereocenters. The van der Waals surface area contributed by atoms with E-state index >= 15 is 0 Å². The maximum atomic E-state index is 13.4. The van der Waals surface area contributed by atoms with Crippen molar-refractivity contribution in [3.8, 4) is 0 Å². The predicted octanol–water partition coefficient (Wildman–Crippen LogP) is 2.71. The lowest BCUT2D eigenvalue weighted by molar-refractivity contribution is -0.138. The van der Waals surface area contributed by atoms with Gasteiger partial charge in [-0.2, -0.15) is 0 Å². The number of nitrogens with zero attached hydrogens (tertiary/aromatic N) is 2. The molecule has 0 radical (unpaired) electrons. The maximum Gasteiger partial charge on any atom is 0.349 e. The highest BCUT2D eigenvalue weighted by atomic mass is 16.5. The summed E-state index contributed by atoms with van der Waals surface area (Å²) in [6, 6.07) is 18.1. The van der Waals surface area contributed by atoms with E-state index in [1.165, 1.54) is 0 Å². The molecule has 4 heterocycles. The topological polar surface area (TPSA) is 80.1 Å². The summed E-state index contributed by atoms with van der Waals surface area (Å²) < 4.78 is 11.8. The second-order valence-corrected chi connectivity index (χ2v) is 8.32. The number of para-hydroxylation sites is 1. The number of benzene rings is 2. The third kappa shape index (κ3) is 2.59. The summed E-state index contributed by atoms with van der Waals surface area (Å²) in [7, 11) is 0. The fourth-order valence-corrected chi connectivity index (χ4v) is 5.27. The number of hydrogen-bond donors (Lipinski definition) is 0. The van der Waals surface area contributed by atoms with Gasteiger partial charge in [0, 0.05) is 18.4 Å². The van der Waals surface area contributed by atoms with E-state index in [9.17, 15) is 14.4 Å². The summed E-state index contributed by atoms with van der Waals surface area (Å²) in [6.45, 7) is 0.889.